The highest BCUT2D eigenvalue weighted by molar-refractivity contribution is 9.10. The van der Waals surface area contributed by atoms with Gasteiger partial charge in [-0.15, -0.1) is 10.2 Å². The van der Waals surface area contributed by atoms with Crippen LogP contribution in [-0.4, -0.2) is 19.6 Å². The molecule has 0 saturated carbocycles. The predicted molar refractivity (Wildman–Crippen MR) is 61.8 cm³/mol. The minimum Gasteiger partial charge on any atom is -0.296 e. The topological polar surface area (TPSA) is 43.1 Å². The van der Waals surface area contributed by atoms with Gasteiger partial charge in [0.25, 0.3) is 0 Å². The van der Waals surface area contributed by atoms with Crippen molar-refractivity contribution in [3.8, 4) is 10.7 Å². The summed E-state index contributed by atoms with van der Waals surface area (Å²) in [6.45, 7) is 0. The van der Waals surface area contributed by atoms with Crippen LogP contribution >= 0.6 is 27.3 Å². The fraction of sp³-hybridized carbons (Fsp3) is 0. The summed E-state index contributed by atoms with van der Waals surface area (Å²) in [5, 5.41) is 8.73. The standard InChI is InChI=1S/C9H5BrN4S/c10-6-1-2-8-11-3-7(14(8)4-6)9-13-12-5-15-9/h1-5H. The Kier molecular flexibility index (Phi) is 2.03. The molecule has 0 spiro atoms. The van der Waals surface area contributed by atoms with Crippen LogP contribution < -0.4 is 0 Å². The van der Waals surface area contributed by atoms with Crippen LogP contribution in [-0.2, 0) is 0 Å². The van der Waals surface area contributed by atoms with E-state index in [-0.39, 0.29) is 0 Å². The summed E-state index contributed by atoms with van der Waals surface area (Å²) < 4.78 is 3.00. The van der Waals surface area contributed by atoms with E-state index in [4.69, 9.17) is 0 Å². The summed E-state index contributed by atoms with van der Waals surface area (Å²) in [4.78, 5) is 4.30. The van der Waals surface area contributed by atoms with Gasteiger partial charge in [-0.2, -0.15) is 0 Å². The van der Waals surface area contributed by atoms with Gasteiger partial charge in [-0.25, -0.2) is 4.98 Å². The lowest BCUT2D eigenvalue weighted by molar-refractivity contribution is 1.08. The molecule has 3 aromatic heterocycles. The molecule has 3 rings (SSSR count). The number of hydrogen-bond acceptors (Lipinski definition) is 4. The lowest BCUT2D eigenvalue weighted by Crippen LogP contribution is -1.87. The van der Waals surface area contributed by atoms with Gasteiger partial charge in [-0.3, -0.25) is 4.40 Å². The number of imidazole rings is 1. The van der Waals surface area contributed by atoms with E-state index >= 15 is 0 Å². The van der Waals surface area contributed by atoms with Gasteiger partial charge in [0.05, 0.1) is 6.20 Å². The molecule has 0 aromatic carbocycles. The maximum Gasteiger partial charge on any atom is 0.166 e. The first-order chi connectivity index (χ1) is 7.34. The Morgan fingerprint density at radius 1 is 1.33 bits per heavy atom. The van der Waals surface area contributed by atoms with Gasteiger partial charge in [0.1, 0.15) is 16.9 Å². The van der Waals surface area contributed by atoms with E-state index in [0.717, 1.165) is 20.8 Å². The highest BCUT2D eigenvalue weighted by Gasteiger charge is 2.08. The molecule has 0 fully saturated rings. The second kappa shape index (κ2) is 3.39. The van der Waals surface area contributed by atoms with Crippen molar-refractivity contribution >= 4 is 32.9 Å². The molecule has 0 aliphatic heterocycles. The molecular formula is C9H5BrN4S. The van der Waals surface area contributed by atoms with Gasteiger partial charge >= 0.3 is 0 Å². The fourth-order valence-electron chi connectivity index (χ4n) is 1.40. The van der Waals surface area contributed by atoms with Gasteiger partial charge in [-0.05, 0) is 28.1 Å². The third-order valence-electron chi connectivity index (χ3n) is 2.05. The monoisotopic (exact) mass is 280 g/mol. The Morgan fingerprint density at radius 2 is 2.27 bits per heavy atom. The summed E-state index contributed by atoms with van der Waals surface area (Å²) in [6.07, 6.45) is 3.78. The van der Waals surface area contributed by atoms with E-state index in [2.05, 4.69) is 31.1 Å². The molecule has 0 bridgehead atoms. The van der Waals surface area contributed by atoms with Crippen LogP contribution in [0.4, 0.5) is 0 Å². The number of nitrogens with zero attached hydrogens (tertiary/aromatic N) is 4. The SMILES string of the molecule is Brc1ccc2ncc(-c3nncs3)n2c1. The van der Waals surface area contributed by atoms with E-state index in [1.807, 2.05) is 28.9 Å². The van der Waals surface area contributed by atoms with Crippen LogP contribution in [0.2, 0.25) is 0 Å². The number of pyridine rings is 1. The first-order valence-corrected chi connectivity index (χ1v) is 5.91. The fourth-order valence-corrected chi connectivity index (χ4v) is 2.29. The largest absolute Gasteiger partial charge is 0.296 e. The highest BCUT2D eigenvalue weighted by Crippen LogP contribution is 2.23. The molecule has 4 nitrogen and oxygen atoms in total. The minimum atomic E-state index is 0.876. The van der Waals surface area contributed by atoms with Crippen molar-refractivity contribution in [2.45, 2.75) is 0 Å². The van der Waals surface area contributed by atoms with Gasteiger partial charge < -0.3 is 0 Å². The molecule has 74 valence electrons. The average molecular weight is 281 g/mol. The molecule has 0 N–H and O–H groups in total. The second-order valence-electron chi connectivity index (χ2n) is 2.96. The molecule has 0 amide bonds. The number of hydrogen-bond donors (Lipinski definition) is 0. The Labute approximate surface area is 97.7 Å². The van der Waals surface area contributed by atoms with E-state index < -0.39 is 0 Å². The maximum atomic E-state index is 4.30. The molecule has 3 aromatic rings. The summed E-state index contributed by atoms with van der Waals surface area (Å²) in [5.41, 5.74) is 3.59. The third-order valence-corrected chi connectivity index (χ3v) is 3.23. The van der Waals surface area contributed by atoms with Crippen molar-refractivity contribution in [1.82, 2.24) is 19.6 Å². The average Bonchev–Trinajstić information content (AvgIpc) is 2.83. The molecule has 0 radical (unpaired) electrons. The van der Waals surface area contributed by atoms with Crippen molar-refractivity contribution in [1.29, 1.82) is 0 Å². The van der Waals surface area contributed by atoms with E-state index in [0.29, 0.717) is 0 Å². The minimum absolute atomic E-state index is 0.876. The molecule has 6 heteroatoms. The highest BCUT2D eigenvalue weighted by atomic mass is 79.9. The predicted octanol–water partition coefficient (Wildman–Crippen LogP) is 2.62. The Balaban J connectivity index is 2.32. The maximum absolute atomic E-state index is 4.30. The molecule has 15 heavy (non-hydrogen) atoms. The van der Waals surface area contributed by atoms with Crippen LogP contribution in [0.5, 0.6) is 0 Å². The molecular weight excluding hydrogens is 276 g/mol. The number of rotatable bonds is 1. The molecule has 0 saturated heterocycles. The summed E-state index contributed by atoms with van der Waals surface area (Å²) in [6, 6.07) is 3.92. The quantitative estimate of drug-likeness (QED) is 0.688. The summed E-state index contributed by atoms with van der Waals surface area (Å²) in [5.74, 6) is 0. The first-order valence-electron chi connectivity index (χ1n) is 4.24. The van der Waals surface area contributed by atoms with Crippen LogP contribution in [0.1, 0.15) is 0 Å². The van der Waals surface area contributed by atoms with E-state index in [1.165, 1.54) is 11.3 Å². The van der Waals surface area contributed by atoms with Gasteiger partial charge in [0.2, 0.25) is 0 Å². The van der Waals surface area contributed by atoms with Crippen LogP contribution in [0.15, 0.2) is 34.5 Å². The van der Waals surface area contributed by atoms with Gasteiger partial charge in [-0.1, -0.05) is 11.3 Å². The smallest absolute Gasteiger partial charge is 0.166 e. The zero-order valence-corrected chi connectivity index (χ0v) is 9.86. The lowest BCUT2D eigenvalue weighted by atomic mass is 10.4. The molecule has 0 aliphatic carbocycles. The Morgan fingerprint density at radius 3 is 3.07 bits per heavy atom. The zero-order valence-electron chi connectivity index (χ0n) is 7.46. The number of halogens is 1. The van der Waals surface area contributed by atoms with Crippen LogP contribution in [0.25, 0.3) is 16.3 Å². The van der Waals surface area contributed by atoms with Crippen molar-refractivity contribution in [2.75, 3.05) is 0 Å². The first kappa shape index (κ1) is 8.99. The van der Waals surface area contributed by atoms with Crippen molar-refractivity contribution < 1.29 is 0 Å². The van der Waals surface area contributed by atoms with Crippen molar-refractivity contribution in [3.05, 3.63) is 34.5 Å². The van der Waals surface area contributed by atoms with E-state index in [1.54, 1.807) is 5.51 Å². The van der Waals surface area contributed by atoms with Crippen molar-refractivity contribution in [3.63, 3.8) is 0 Å². The van der Waals surface area contributed by atoms with Gasteiger partial charge in [0.15, 0.2) is 5.01 Å². The van der Waals surface area contributed by atoms with E-state index in [9.17, 15) is 0 Å². The molecule has 0 atom stereocenters. The van der Waals surface area contributed by atoms with Crippen LogP contribution in [0, 0.1) is 0 Å². The van der Waals surface area contributed by atoms with Gasteiger partial charge in [0, 0.05) is 10.7 Å². The number of fused-ring (bicyclic) bond motifs is 1. The molecule has 3 heterocycles. The molecule has 0 unspecified atom stereocenters. The number of aromatic nitrogens is 4. The lowest BCUT2D eigenvalue weighted by Gasteiger charge is -1.97. The second-order valence-corrected chi connectivity index (χ2v) is 4.71. The third kappa shape index (κ3) is 1.46. The van der Waals surface area contributed by atoms with Crippen molar-refractivity contribution in [2.24, 2.45) is 0 Å². The normalized spacial score (nSPS) is 11.0. The summed E-state index contributed by atoms with van der Waals surface area (Å²) >= 11 is 4.94. The Bertz CT molecular complexity index is 602. The summed E-state index contributed by atoms with van der Waals surface area (Å²) in [7, 11) is 0. The Hall–Kier alpha value is -1.27. The molecule has 0 aliphatic rings. The zero-order chi connectivity index (χ0) is 10.3. The van der Waals surface area contributed by atoms with Crippen LogP contribution in [0.3, 0.4) is 0 Å².